The molecule has 0 N–H and O–H groups in total. The second-order valence-electron chi connectivity index (χ2n) is 7.40. The Balaban J connectivity index is 1.24. The topological polar surface area (TPSA) is 79.6 Å². The van der Waals surface area contributed by atoms with Crippen LogP contribution in [-0.2, 0) is 4.74 Å². The van der Waals surface area contributed by atoms with Crippen molar-refractivity contribution in [3.63, 3.8) is 0 Å². The van der Waals surface area contributed by atoms with E-state index < -0.39 is 0 Å². The SMILES string of the molecule is O=C(N1CCOCC1)N1CC2CN(c3cc(-n4cccn4)ncn3)CC2C1. The van der Waals surface area contributed by atoms with Crippen LogP contribution in [0.5, 0.6) is 0 Å². The highest BCUT2D eigenvalue weighted by molar-refractivity contribution is 5.75. The monoisotopic (exact) mass is 369 g/mol. The van der Waals surface area contributed by atoms with Crippen molar-refractivity contribution in [2.45, 2.75) is 0 Å². The van der Waals surface area contributed by atoms with Crippen LogP contribution in [0, 0.1) is 11.8 Å². The number of hydrogen-bond donors (Lipinski definition) is 0. The van der Waals surface area contributed by atoms with Gasteiger partial charge in [0.15, 0.2) is 5.82 Å². The van der Waals surface area contributed by atoms with Crippen LogP contribution in [0.3, 0.4) is 0 Å². The second kappa shape index (κ2) is 6.80. The van der Waals surface area contributed by atoms with Crippen LogP contribution < -0.4 is 4.90 Å². The molecular weight excluding hydrogens is 346 g/mol. The van der Waals surface area contributed by atoms with Crippen molar-refractivity contribution >= 4 is 11.8 Å². The van der Waals surface area contributed by atoms with Gasteiger partial charge in [-0.3, -0.25) is 0 Å². The molecule has 3 aliphatic rings. The lowest BCUT2D eigenvalue weighted by molar-refractivity contribution is 0.0447. The van der Waals surface area contributed by atoms with Crippen molar-refractivity contribution in [3.8, 4) is 5.82 Å². The number of hydrogen-bond acceptors (Lipinski definition) is 6. The van der Waals surface area contributed by atoms with Crippen molar-refractivity contribution in [2.75, 3.05) is 57.4 Å². The first-order valence-corrected chi connectivity index (χ1v) is 9.46. The third-order valence-electron chi connectivity index (χ3n) is 5.74. The highest BCUT2D eigenvalue weighted by Gasteiger charge is 2.43. The predicted octanol–water partition coefficient (Wildman–Crippen LogP) is 0.482. The fourth-order valence-electron chi connectivity index (χ4n) is 4.33. The first-order chi connectivity index (χ1) is 13.3. The average molecular weight is 369 g/mol. The van der Waals surface area contributed by atoms with Crippen LogP contribution in [-0.4, -0.2) is 88.1 Å². The maximum Gasteiger partial charge on any atom is 0.320 e. The molecule has 9 nitrogen and oxygen atoms in total. The molecule has 0 bridgehead atoms. The van der Waals surface area contributed by atoms with Crippen molar-refractivity contribution in [1.82, 2.24) is 29.5 Å². The zero-order valence-corrected chi connectivity index (χ0v) is 15.1. The Kier molecular flexibility index (Phi) is 4.16. The van der Waals surface area contributed by atoms with Gasteiger partial charge in [0.1, 0.15) is 12.1 Å². The van der Waals surface area contributed by atoms with Gasteiger partial charge < -0.3 is 19.4 Å². The first kappa shape index (κ1) is 16.5. The number of nitrogens with zero attached hydrogens (tertiary/aromatic N) is 7. The second-order valence-corrected chi connectivity index (χ2v) is 7.40. The van der Waals surface area contributed by atoms with Crippen molar-refractivity contribution in [1.29, 1.82) is 0 Å². The van der Waals surface area contributed by atoms with Gasteiger partial charge in [-0.25, -0.2) is 19.4 Å². The summed E-state index contributed by atoms with van der Waals surface area (Å²) in [7, 11) is 0. The van der Waals surface area contributed by atoms with Gasteiger partial charge in [0.25, 0.3) is 0 Å². The van der Waals surface area contributed by atoms with Crippen LogP contribution in [0.1, 0.15) is 0 Å². The number of rotatable bonds is 2. The lowest BCUT2D eigenvalue weighted by Gasteiger charge is -2.31. The predicted molar refractivity (Wildman–Crippen MR) is 97.7 cm³/mol. The molecule has 0 radical (unpaired) electrons. The summed E-state index contributed by atoms with van der Waals surface area (Å²) in [6, 6.07) is 4.02. The van der Waals surface area contributed by atoms with E-state index in [2.05, 4.69) is 20.0 Å². The summed E-state index contributed by atoms with van der Waals surface area (Å²) in [6.45, 7) is 6.20. The molecule has 142 valence electrons. The Labute approximate surface area is 157 Å². The van der Waals surface area contributed by atoms with E-state index in [1.165, 1.54) is 0 Å². The zero-order valence-electron chi connectivity index (χ0n) is 15.1. The summed E-state index contributed by atoms with van der Waals surface area (Å²) in [5.41, 5.74) is 0. The normalized spacial score (nSPS) is 25.1. The summed E-state index contributed by atoms with van der Waals surface area (Å²) >= 11 is 0. The van der Waals surface area contributed by atoms with Gasteiger partial charge in [0.2, 0.25) is 0 Å². The Hall–Kier alpha value is -2.68. The molecule has 27 heavy (non-hydrogen) atoms. The molecule has 9 heteroatoms. The standard InChI is InChI=1S/C18H23N7O2/c26-18(22-4-6-27-7-5-22)24-11-14-9-23(10-15(14)12-24)16-8-17(20-13-19-16)25-3-1-2-21-25/h1-3,8,13-15H,4-7,9-12H2. The third-order valence-corrected chi connectivity index (χ3v) is 5.74. The third kappa shape index (κ3) is 3.12. The molecular formula is C18H23N7O2. The Bertz CT molecular complexity index is 792. The largest absolute Gasteiger partial charge is 0.378 e. The summed E-state index contributed by atoms with van der Waals surface area (Å²) in [6.07, 6.45) is 5.21. The fraction of sp³-hybridized carbons (Fsp3) is 0.556. The van der Waals surface area contributed by atoms with Crippen LogP contribution in [0.15, 0.2) is 30.9 Å². The van der Waals surface area contributed by atoms with Crippen LogP contribution in [0.2, 0.25) is 0 Å². The number of amides is 2. The van der Waals surface area contributed by atoms with Crippen LogP contribution in [0.25, 0.3) is 5.82 Å². The molecule has 0 aromatic carbocycles. The van der Waals surface area contributed by atoms with E-state index in [1.54, 1.807) is 17.2 Å². The maximum absolute atomic E-state index is 12.7. The van der Waals surface area contributed by atoms with Gasteiger partial charge in [-0.15, -0.1) is 0 Å². The summed E-state index contributed by atoms with van der Waals surface area (Å²) in [4.78, 5) is 27.7. The van der Waals surface area contributed by atoms with E-state index in [1.807, 2.05) is 28.1 Å². The Morgan fingerprint density at radius 1 is 1.00 bits per heavy atom. The molecule has 0 aliphatic carbocycles. The van der Waals surface area contributed by atoms with E-state index in [9.17, 15) is 4.79 Å². The molecule has 3 fully saturated rings. The molecule has 5 rings (SSSR count). The lowest BCUT2D eigenvalue weighted by Crippen LogP contribution is -2.48. The molecule has 0 saturated carbocycles. The summed E-state index contributed by atoms with van der Waals surface area (Å²) in [5.74, 6) is 2.69. The first-order valence-electron chi connectivity index (χ1n) is 9.46. The van der Waals surface area contributed by atoms with E-state index in [0.29, 0.717) is 38.1 Å². The number of fused-ring (bicyclic) bond motifs is 1. The van der Waals surface area contributed by atoms with Crippen LogP contribution >= 0.6 is 0 Å². The number of likely N-dealkylation sites (tertiary alicyclic amines) is 1. The molecule has 2 atom stereocenters. The number of morpholine rings is 1. The van der Waals surface area contributed by atoms with Gasteiger partial charge in [-0.1, -0.05) is 0 Å². The molecule has 2 aromatic rings. The quantitative estimate of drug-likeness (QED) is 0.766. The summed E-state index contributed by atoms with van der Waals surface area (Å²) < 4.78 is 7.09. The average Bonchev–Trinajstić information content (AvgIpc) is 3.44. The highest BCUT2D eigenvalue weighted by Crippen LogP contribution is 2.34. The minimum absolute atomic E-state index is 0.169. The molecule has 5 heterocycles. The van der Waals surface area contributed by atoms with Crippen molar-refractivity contribution < 1.29 is 9.53 Å². The fourth-order valence-corrected chi connectivity index (χ4v) is 4.33. The maximum atomic E-state index is 12.7. The van der Waals surface area contributed by atoms with Gasteiger partial charge in [-0.2, -0.15) is 5.10 Å². The van der Waals surface area contributed by atoms with E-state index in [-0.39, 0.29) is 6.03 Å². The molecule has 2 amide bonds. The number of urea groups is 1. The molecule has 0 spiro atoms. The Morgan fingerprint density at radius 2 is 1.74 bits per heavy atom. The molecule has 3 aliphatic heterocycles. The highest BCUT2D eigenvalue weighted by atomic mass is 16.5. The van der Waals surface area contributed by atoms with Crippen LogP contribution in [0.4, 0.5) is 10.6 Å². The summed E-state index contributed by atoms with van der Waals surface area (Å²) in [5, 5.41) is 4.24. The number of carbonyl (C=O) groups excluding carboxylic acids is 1. The van der Waals surface area contributed by atoms with E-state index in [0.717, 1.165) is 37.8 Å². The van der Waals surface area contributed by atoms with Gasteiger partial charge in [0, 0.05) is 69.6 Å². The van der Waals surface area contributed by atoms with Crippen molar-refractivity contribution in [2.24, 2.45) is 11.8 Å². The van der Waals surface area contributed by atoms with Gasteiger partial charge in [-0.05, 0) is 6.07 Å². The van der Waals surface area contributed by atoms with Gasteiger partial charge in [0.05, 0.1) is 13.2 Å². The minimum Gasteiger partial charge on any atom is -0.378 e. The molecule has 2 unspecified atom stereocenters. The number of carbonyl (C=O) groups is 1. The number of ether oxygens (including phenoxy) is 1. The minimum atomic E-state index is 0.169. The molecule has 2 aromatic heterocycles. The smallest absolute Gasteiger partial charge is 0.320 e. The molecule has 3 saturated heterocycles. The van der Waals surface area contributed by atoms with E-state index in [4.69, 9.17) is 4.74 Å². The Morgan fingerprint density at radius 3 is 2.44 bits per heavy atom. The van der Waals surface area contributed by atoms with Gasteiger partial charge >= 0.3 is 6.03 Å². The van der Waals surface area contributed by atoms with E-state index >= 15 is 0 Å². The van der Waals surface area contributed by atoms with Crippen molar-refractivity contribution in [3.05, 3.63) is 30.9 Å². The zero-order chi connectivity index (χ0) is 18.2. The number of aromatic nitrogens is 4. The lowest BCUT2D eigenvalue weighted by atomic mass is 10.0. The number of anilines is 1.